The molecule has 1 aliphatic carbocycles. The van der Waals surface area contributed by atoms with Gasteiger partial charge in [-0.1, -0.05) is 48.9 Å². The molecule has 0 heterocycles. The Balaban J connectivity index is 1.82. The predicted octanol–water partition coefficient (Wildman–Crippen LogP) is 5.00. The van der Waals surface area contributed by atoms with Crippen LogP contribution in [0, 0.1) is 0 Å². The number of rotatable bonds is 5. The quantitative estimate of drug-likeness (QED) is 0.767. The summed E-state index contributed by atoms with van der Waals surface area (Å²) in [5, 5.41) is 4.26. The van der Waals surface area contributed by atoms with Gasteiger partial charge in [0.25, 0.3) is 0 Å². The van der Waals surface area contributed by atoms with Crippen molar-refractivity contribution < 1.29 is 0 Å². The molecule has 0 fully saturated rings. The summed E-state index contributed by atoms with van der Waals surface area (Å²) in [5.74, 6) is 0. The lowest BCUT2D eigenvalue weighted by atomic mass is 9.99. The summed E-state index contributed by atoms with van der Waals surface area (Å²) in [5.41, 5.74) is 6.64. The van der Waals surface area contributed by atoms with Crippen LogP contribution in [0.1, 0.15) is 36.5 Å². The van der Waals surface area contributed by atoms with Crippen molar-refractivity contribution in [2.24, 2.45) is 0 Å². The molecule has 1 nitrogen and oxygen atoms in total. The van der Waals surface area contributed by atoms with Gasteiger partial charge in [0.1, 0.15) is 0 Å². The van der Waals surface area contributed by atoms with Crippen molar-refractivity contribution in [3.63, 3.8) is 0 Å². The molecule has 2 aromatic carbocycles. The molecule has 110 valence electrons. The summed E-state index contributed by atoms with van der Waals surface area (Å²) < 4.78 is 0. The lowest BCUT2D eigenvalue weighted by molar-refractivity contribution is 0.675. The molecule has 1 N–H and O–H groups in total. The Morgan fingerprint density at radius 2 is 1.90 bits per heavy atom. The van der Waals surface area contributed by atoms with Crippen molar-refractivity contribution in [3.8, 4) is 11.1 Å². The Morgan fingerprint density at radius 1 is 1.05 bits per heavy atom. The van der Waals surface area contributed by atoms with E-state index in [4.69, 9.17) is 11.6 Å². The van der Waals surface area contributed by atoms with Gasteiger partial charge in [0, 0.05) is 17.1 Å². The van der Waals surface area contributed by atoms with Crippen LogP contribution in [0.2, 0.25) is 5.02 Å². The predicted molar refractivity (Wildman–Crippen MR) is 90.9 cm³/mol. The molecule has 21 heavy (non-hydrogen) atoms. The molecule has 1 aliphatic rings. The maximum Gasteiger partial charge on any atom is 0.0487 e. The van der Waals surface area contributed by atoms with Gasteiger partial charge in [-0.2, -0.15) is 0 Å². The second kappa shape index (κ2) is 6.64. The Bertz CT molecular complexity index is 633. The van der Waals surface area contributed by atoms with Gasteiger partial charge in [-0.3, -0.25) is 0 Å². The maximum absolute atomic E-state index is 6.50. The SMILES string of the molecule is CCCNCc1ccc(-c2ccc3c(c2)CCC3)c(Cl)c1. The van der Waals surface area contributed by atoms with E-state index < -0.39 is 0 Å². The Morgan fingerprint density at radius 3 is 2.71 bits per heavy atom. The first-order valence-electron chi connectivity index (χ1n) is 7.89. The van der Waals surface area contributed by atoms with Gasteiger partial charge in [-0.25, -0.2) is 0 Å². The molecule has 0 bridgehead atoms. The van der Waals surface area contributed by atoms with E-state index in [2.05, 4.69) is 48.6 Å². The number of hydrogen-bond donors (Lipinski definition) is 1. The fraction of sp³-hybridized carbons (Fsp3) is 0.368. The van der Waals surface area contributed by atoms with E-state index in [-0.39, 0.29) is 0 Å². The van der Waals surface area contributed by atoms with Crippen LogP contribution in [0.5, 0.6) is 0 Å². The van der Waals surface area contributed by atoms with Crippen molar-refractivity contribution in [1.29, 1.82) is 0 Å². The highest BCUT2D eigenvalue weighted by atomic mass is 35.5. The standard InChI is InChI=1S/C19H22ClN/c1-2-10-21-13-14-6-9-18(19(20)11-14)17-8-7-15-4-3-5-16(15)12-17/h6-9,11-12,21H,2-5,10,13H2,1H3. The number of halogens is 1. The van der Waals surface area contributed by atoms with Crippen LogP contribution in [0.3, 0.4) is 0 Å². The number of benzene rings is 2. The van der Waals surface area contributed by atoms with E-state index >= 15 is 0 Å². The summed E-state index contributed by atoms with van der Waals surface area (Å²) in [6.07, 6.45) is 4.88. The largest absolute Gasteiger partial charge is 0.313 e. The minimum Gasteiger partial charge on any atom is -0.313 e. The van der Waals surface area contributed by atoms with Crippen molar-refractivity contribution in [2.45, 2.75) is 39.2 Å². The van der Waals surface area contributed by atoms with Crippen LogP contribution in [0.15, 0.2) is 36.4 Å². The van der Waals surface area contributed by atoms with Crippen LogP contribution < -0.4 is 5.32 Å². The Hall–Kier alpha value is -1.31. The highest BCUT2D eigenvalue weighted by Gasteiger charge is 2.12. The zero-order valence-electron chi connectivity index (χ0n) is 12.6. The molecule has 0 radical (unpaired) electrons. The molecular weight excluding hydrogens is 278 g/mol. The number of fused-ring (bicyclic) bond motifs is 1. The van der Waals surface area contributed by atoms with E-state index in [0.29, 0.717) is 0 Å². The van der Waals surface area contributed by atoms with Crippen molar-refractivity contribution in [3.05, 3.63) is 58.1 Å². The molecule has 0 atom stereocenters. The van der Waals surface area contributed by atoms with Gasteiger partial charge >= 0.3 is 0 Å². The van der Waals surface area contributed by atoms with Crippen molar-refractivity contribution >= 4 is 11.6 Å². The fourth-order valence-electron chi connectivity index (χ4n) is 3.05. The topological polar surface area (TPSA) is 12.0 Å². The Labute approximate surface area is 132 Å². The van der Waals surface area contributed by atoms with E-state index in [1.54, 1.807) is 0 Å². The molecule has 0 unspecified atom stereocenters. The van der Waals surface area contributed by atoms with Crippen LogP contribution in [-0.4, -0.2) is 6.54 Å². The first-order chi connectivity index (χ1) is 10.3. The van der Waals surface area contributed by atoms with Crippen LogP contribution in [0.4, 0.5) is 0 Å². The summed E-state index contributed by atoms with van der Waals surface area (Å²) in [6, 6.07) is 13.2. The van der Waals surface area contributed by atoms with Gasteiger partial charge in [0.05, 0.1) is 0 Å². The van der Waals surface area contributed by atoms with Gasteiger partial charge in [-0.15, -0.1) is 0 Å². The summed E-state index contributed by atoms with van der Waals surface area (Å²) >= 11 is 6.50. The maximum atomic E-state index is 6.50. The molecule has 0 aromatic heterocycles. The van der Waals surface area contributed by atoms with Crippen LogP contribution in [-0.2, 0) is 19.4 Å². The zero-order chi connectivity index (χ0) is 14.7. The number of aryl methyl sites for hydroxylation is 2. The molecule has 0 saturated heterocycles. The first kappa shape index (κ1) is 14.6. The van der Waals surface area contributed by atoms with E-state index in [1.165, 1.54) is 41.5 Å². The molecular formula is C19H22ClN. The highest BCUT2D eigenvalue weighted by molar-refractivity contribution is 6.33. The van der Waals surface area contributed by atoms with Crippen molar-refractivity contribution in [2.75, 3.05) is 6.54 Å². The summed E-state index contributed by atoms with van der Waals surface area (Å²) in [4.78, 5) is 0. The molecule has 0 saturated carbocycles. The Kier molecular flexibility index (Phi) is 4.62. The number of nitrogens with one attached hydrogen (secondary N) is 1. The van der Waals surface area contributed by atoms with Gasteiger partial charge in [0.15, 0.2) is 0 Å². The second-order valence-electron chi connectivity index (χ2n) is 5.83. The van der Waals surface area contributed by atoms with Crippen LogP contribution in [0.25, 0.3) is 11.1 Å². The molecule has 0 spiro atoms. The highest BCUT2D eigenvalue weighted by Crippen LogP contribution is 2.32. The van der Waals surface area contributed by atoms with E-state index in [0.717, 1.165) is 30.1 Å². The van der Waals surface area contributed by atoms with Gasteiger partial charge in [0.2, 0.25) is 0 Å². The minimum atomic E-state index is 0.851. The lowest BCUT2D eigenvalue weighted by Crippen LogP contribution is -2.13. The van der Waals surface area contributed by atoms with E-state index in [1.807, 2.05) is 0 Å². The van der Waals surface area contributed by atoms with Gasteiger partial charge < -0.3 is 5.32 Å². The third-order valence-corrected chi connectivity index (χ3v) is 4.51. The van der Waals surface area contributed by atoms with Crippen molar-refractivity contribution in [1.82, 2.24) is 5.32 Å². The normalized spacial score (nSPS) is 13.4. The lowest BCUT2D eigenvalue weighted by Gasteiger charge is -2.10. The third-order valence-electron chi connectivity index (χ3n) is 4.20. The summed E-state index contributed by atoms with van der Waals surface area (Å²) in [7, 11) is 0. The second-order valence-corrected chi connectivity index (χ2v) is 6.24. The smallest absolute Gasteiger partial charge is 0.0487 e. The minimum absolute atomic E-state index is 0.851. The van der Waals surface area contributed by atoms with Crippen LogP contribution >= 0.6 is 11.6 Å². The molecule has 3 rings (SSSR count). The average molecular weight is 300 g/mol. The molecule has 0 amide bonds. The van der Waals surface area contributed by atoms with Gasteiger partial charge in [-0.05, 0) is 60.5 Å². The fourth-order valence-corrected chi connectivity index (χ4v) is 3.36. The summed E-state index contributed by atoms with van der Waals surface area (Å²) in [6.45, 7) is 4.11. The average Bonchev–Trinajstić information content (AvgIpc) is 2.95. The van der Waals surface area contributed by atoms with E-state index in [9.17, 15) is 0 Å². The first-order valence-corrected chi connectivity index (χ1v) is 8.27. The molecule has 0 aliphatic heterocycles. The molecule has 2 heteroatoms. The monoisotopic (exact) mass is 299 g/mol. The zero-order valence-corrected chi connectivity index (χ0v) is 13.3. The third kappa shape index (κ3) is 3.30. The number of hydrogen-bond acceptors (Lipinski definition) is 1. The molecule has 2 aromatic rings.